The van der Waals surface area contributed by atoms with E-state index in [-0.39, 0.29) is 4.90 Å². The third-order valence-electron chi connectivity index (χ3n) is 3.05. The van der Waals surface area contributed by atoms with Crippen molar-refractivity contribution in [3.63, 3.8) is 0 Å². The van der Waals surface area contributed by atoms with E-state index in [9.17, 15) is 8.42 Å². The summed E-state index contributed by atoms with van der Waals surface area (Å²) in [5, 5.41) is 11.2. The highest BCUT2D eigenvalue weighted by Gasteiger charge is 2.14. The first-order chi connectivity index (χ1) is 10.6. The molecule has 0 atom stereocenters. The number of tetrazole rings is 1. The fourth-order valence-electron chi connectivity index (χ4n) is 2.01. The van der Waals surface area contributed by atoms with Crippen LogP contribution in [0.5, 0.6) is 0 Å². The number of hydrogen-bond acceptors (Lipinski definition) is 5. The van der Waals surface area contributed by atoms with Gasteiger partial charge in [0.25, 0.3) is 10.0 Å². The summed E-state index contributed by atoms with van der Waals surface area (Å²) in [5.74, 6) is 0.556. The van der Waals surface area contributed by atoms with E-state index in [1.54, 1.807) is 55.6 Å². The predicted molar refractivity (Wildman–Crippen MR) is 81.5 cm³/mol. The molecule has 1 N–H and O–H groups in total. The standard InChI is InChI=1S/C14H13N5O2S/c1-19-14(15-17-18-19)11-6-5-7-12(10-11)16-22(20,21)13-8-3-2-4-9-13/h2-10,16H,1H3. The van der Waals surface area contributed by atoms with Gasteiger partial charge in [0.2, 0.25) is 0 Å². The van der Waals surface area contributed by atoms with E-state index in [0.717, 1.165) is 5.56 Å². The van der Waals surface area contributed by atoms with Gasteiger partial charge in [0, 0.05) is 18.3 Å². The third kappa shape index (κ3) is 2.82. The van der Waals surface area contributed by atoms with Crippen molar-refractivity contribution in [2.45, 2.75) is 4.90 Å². The molecule has 112 valence electrons. The van der Waals surface area contributed by atoms with Crippen molar-refractivity contribution in [2.24, 2.45) is 7.05 Å². The number of nitrogens with one attached hydrogen (secondary N) is 1. The van der Waals surface area contributed by atoms with Gasteiger partial charge in [0.1, 0.15) is 0 Å². The molecule has 0 fully saturated rings. The Bertz CT molecular complexity index is 890. The zero-order valence-electron chi connectivity index (χ0n) is 11.7. The maximum Gasteiger partial charge on any atom is 0.261 e. The number of aromatic nitrogens is 4. The molecule has 22 heavy (non-hydrogen) atoms. The van der Waals surface area contributed by atoms with Gasteiger partial charge in [-0.15, -0.1) is 5.10 Å². The first-order valence-corrected chi connectivity index (χ1v) is 7.95. The molecule has 0 aliphatic carbocycles. The molecule has 1 aromatic heterocycles. The van der Waals surface area contributed by atoms with E-state index in [2.05, 4.69) is 20.2 Å². The van der Waals surface area contributed by atoms with Gasteiger partial charge in [-0.05, 0) is 34.7 Å². The molecule has 2 aromatic carbocycles. The van der Waals surface area contributed by atoms with E-state index < -0.39 is 10.0 Å². The molecule has 0 spiro atoms. The molecule has 0 aliphatic rings. The van der Waals surface area contributed by atoms with E-state index in [4.69, 9.17) is 0 Å². The Morgan fingerprint density at radius 1 is 1.05 bits per heavy atom. The maximum absolute atomic E-state index is 12.3. The topological polar surface area (TPSA) is 89.8 Å². The molecule has 0 aliphatic heterocycles. The average molecular weight is 315 g/mol. The van der Waals surface area contributed by atoms with Crippen molar-refractivity contribution in [1.29, 1.82) is 0 Å². The summed E-state index contributed by atoms with van der Waals surface area (Å²) in [5.41, 5.74) is 1.17. The Hall–Kier alpha value is -2.74. The molecule has 0 bridgehead atoms. The molecular formula is C14H13N5O2S. The number of benzene rings is 2. The van der Waals surface area contributed by atoms with Crippen LogP contribution in [-0.4, -0.2) is 28.6 Å². The minimum absolute atomic E-state index is 0.209. The van der Waals surface area contributed by atoms with Crippen LogP contribution in [0, 0.1) is 0 Å². The molecule has 1 heterocycles. The van der Waals surface area contributed by atoms with E-state index in [1.165, 1.54) is 4.68 Å². The normalized spacial score (nSPS) is 11.3. The van der Waals surface area contributed by atoms with Crippen molar-refractivity contribution >= 4 is 15.7 Å². The molecule has 7 nitrogen and oxygen atoms in total. The molecule has 3 rings (SSSR count). The average Bonchev–Trinajstić information content (AvgIpc) is 2.94. The number of rotatable bonds is 4. The lowest BCUT2D eigenvalue weighted by atomic mass is 10.2. The second kappa shape index (κ2) is 5.57. The Balaban J connectivity index is 1.93. The summed E-state index contributed by atoms with van der Waals surface area (Å²) < 4.78 is 28.7. The highest BCUT2D eigenvalue weighted by atomic mass is 32.2. The van der Waals surface area contributed by atoms with Crippen LogP contribution in [0.4, 0.5) is 5.69 Å². The highest BCUT2D eigenvalue weighted by Crippen LogP contribution is 2.22. The first-order valence-electron chi connectivity index (χ1n) is 6.47. The lowest BCUT2D eigenvalue weighted by molar-refractivity contribution is 0.601. The van der Waals surface area contributed by atoms with Crippen molar-refractivity contribution in [3.05, 3.63) is 54.6 Å². The molecular weight excluding hydrogens is 302 g/mol. The van der Waals surface area contributed by atoms with Gasteiger partial charge in [-0.25, -0.2) is 13.1 Å². The lowest BCUT2D eigenvalue weighted by Gasteiger charge is -2.09. The van der Waals surface area contributed by atoms with Crippen LogP contribution in [0.2, 0.25) is 0 Å². The second-order valence-electron chi connectivity index (χ2n) is 4.63. The highest BCUT2D eigenvalue weighted by molar-refractivity contribution is 7.92. The molecule has 8 heteroatoms. The fraction of sp³-hybridized carbons (Fsp3) is 0.0714. The quantitative estimate of drug-likeness (QED) is 0.791. The number of sulfonamides is 1. The monoisotopic (exact) mass is 315 g/mol. The van der Waals surface area contributed by atoms with Crippen LogP contribution in [0.15, 0.2) is 59.5 Å². The summed E-state index contributed by atoms with van der Waals surface area (Å²) in [6, 6.07) is 15.1. The zero-order valence-corrected chi connectivity index (χ0v) is 12.5. The zero-order chi connectivity index (χ0) is 15.6. The SMILES string of the molecule is Cn1nnnc1-c1cccc(NS(=O)(=O)c2ccccc2)c1. The maximum atomic E-state index is 12.3. The van der Waals surface area contributed by atoms with E-state index in [0.29, 0.717) is 11.5 Å². The van der Waals surface area contributed by atoms with Crippen molar-refractivity contribution < 1.29 is 8.42 Å². The minimum Gasteiger partial charge on any atom is -0.280 e. The largest absolute Gasteiger partial charge is 0.280 e. The third-order valence-corrected chi connectivity index (χ3v) is 4.44. The van der Waals surface area contributed by atoms with Crippen molar-refractivity contribution in [2.75, 3.05) is 4.72 Å². The molecule has 0 radical (unpaired) electrons. The summed E-state index contributed by atoms with van der Waals surface area (Å²) >= 11 is 0. The number of aryl methyl sites for hydroxylation is 1. The van der Waals surface area contributed by atoms with Crippen molar-refractivity contribution in [1.82, 2.24) is 20.2 Å². The molecule has 0 unspecified atom stereocenters. The lowest BCUT2D eigenvalue weighted by Crippen LogP contribution is -2.12. The Labute approximate surface area is 127 Å². The molecule has 3 aromatic rings. The van der Waals surface area contributed by atoms with Crippen molar-refractivity contribution in [3.8, 4) is 11.4 Å². The van der Waals surface area contributed by atoms with Gasteiger partial charge in [-0.2, -0.15) is 0 Å². The van der Waals surface area contributed by atoms with Crippen LogP contribution >= 0.6 is 0 Å². The number of nitrogens with zero attached hydrogens (tertiary/aromatic N) is 4. The summed E-state index contributed by atoms with van der Waals surface area (Å²) in [6.45, 7) is 0. The summed E-state index contributed by atoms with van der Waals surface area (Å²) in [7, 11) is -1.90. The van der Waals surface area contributed by atoms with Crippen LogP contribution < -0.4 is 4.72 Å². The van der Waals surface area contributed by atoms with Crippen LogP contribution in [0.25, 0.3) is 11.4 Å². The Morgan fingerprint density at radius 3 is 2.50 bits per heavy atom. The van der Waals surface area contributed by atoms with Gasteiger partial charge >= 0.3 is 0 Å². The first kappa shape index (κ1) is 14.2. The second-order valence-corrected chi connectivity index (χ2v) is 6.31. The van der Waals surface area contributed by atoms with Crippen LogP contribution in [-0.2, 0) is 17.1 Å². The Morgan fingerprint density at radius 2 is 1.82 bits per heavy atom. The fourth-order valence-corrected chi connectivity index (χ4v) is 3.08. The van der Waals surface area contributed by atoms with Gasteiger partial charge in [-0.1, -0.05) is 30.3 Å². The Kier molecular flexibility index (Phi) is 3.60. The van der Waals surface area contributed by atoms with Gasteiger partial charge in [-0.3, -0.25) is 4.72 Å². The number of hydrogen-bond donors (Lipinski definition) is 1. The van der Waals surface area contributed by atoms with Crippen LogP contribution in [0.3, 0.4) is 0 Å². The van der Waals surface area contributed by atoms with E-state index >= 15 is 0 Å². The molecule has 0 saturated heterocycles. The van der Waals surface area contributed by atoms with Gasteiger partial charge in [0.15, 0.2) is 5.82 Å². The predicted octanol–water partition coefficient (Wildman–Crippen LogP) is 1.68. The van der Waals surface area contributed by atoms with E-state index in [1.807, 2.05) is 6.07 Å². The summed E-state index contributed by atoms with van der Waals surface area (Å²) in [4.78, 5) is 0.209. The van der Waals surface area contributed by atoms with Gasteiger partial charge < -0.3 is 0 Å². The molecule has 0 saturated carbocycles. The number of anilines is 1. The van der Waals surface area contributed by atoms with Crippen LogP contribution in [0.1, 0.15) is 0 Å². The van der Waals surface area contributed by atoms with Gasteiger partial charge in [0.05, 0.1) is 4.90 Å². The minimum atomic E-state index is -3.62. The smallest absolute Gasteiger partial charge is 0.261 e. The summed E-state index contributed by atoms with van der Waals surface area (Å²) in [6.07, 6.45) is 0. The molecule has 0 amide bonds.